The van der Waals surface area contributed by atoms with Gasteiger partial charge < -0.3 is 15.8 Å². The van der Waals surface area contributed by atoms with Crippen LogP contribution in [0.15, 0.2) is 17.3 Å². The predicted molar refractivity (Wildman–Crippen MR) is 68.7 cm³/mol. The number of aromatic nitrogens is 1. The van der Waals surface area contributed by atoms with Crippen molar-refractivity contribution in [1.29, 1.82) is 0 Å². The highest BCUT2D eigenvalue weighted by Gasteiger charge is 2.17. The first-order chi connectivity index (χ1) is 8.47. The molecule has 18 heavy (non-hydrogen) atoms. The third kappa shape index (κ3) is 3.44. The SMILES string of the molecule is CCN(C/C(N)=N/O)C(=O)c1cc(C)cc(C)n1. The highest BCUT2D eigenvalue weighted by atomic mass is 16.4. The number of hydrogen-bond acceptors (Lipinski definition) is 4. The van der Waals surface area contributed by atoms with Crippen molar-refractivity contribution in [2.45, 2.75) is 20.8 Å². The largest absolute Gasteiger partial charge is 0.409 e. The summed E-state index contributed by atoms with van der Waals surface area (Å²) in [5.41, 5.74) is 7.55. The number of aryl methyl sites for hydroxylation is 2. The fourth-order valence-electron chi connectivity index (χ4n) is 1.67. The number of amidine groups is 1. The molecule has 0 saturated carbocycles. The Balaban J connectivity index is 2.96. The van der Waals surface area contributed by atoms with Gasteiger partial charge in [0.1, 0.15) is 5.69 Å². The molecule has 0 unspecified atom stereocenters. The molecule has 1 amide bonds. The molecule has 98 valence electrons. The lowest BCUT2D eigenvalue weighted by molar-refractivity contribution is 0.0780. The van der Waals surface area contributed by atoms with Crippen molar-refractivity contribution in [2.75, 3.05) is 13.1 Å². The summed E-state index contributed by atoms with van der Waals surface area (Å²) in [6, 6.07) is 3.63. The van der Waals surface area contributed by atoms with Crippen LogP contribution in [0.5, 0.6) is 0 Å². The topological polar surface area (TPSA) is 91.8 Å². The van der Waals surface area contributed by atoms with Gasteiger partial charge >= 0.3 is 0 Å². The van der Waals surface area contributed by atoms with E-state index in [0.29, 0.717) is 12.2 Å². The highest BCUT2D eigenvalue weighted by Crippen LogP contribution is 2.07. The van der Waals surface area contributed by atoms with Crippen LogP contribution in [0.1, 0.15) is 28.7 Å². The van der Waals surface area contributed by atoms with Crippen molar-refractivity contribution in [3.05, 3.63) is 29.1 Å². The van der Waals surface area contributed by atoms with Crippen molar-refractivity contribution in [1.82, 2.24) is 9.88 Å². The molecule has 0 saturated heterocycles. The number of likely N-dealkylation sites (N-methyl/N-ethyl adjacent to an activating group) is 1. The van der Waals surface area contributed by atoms with Crippen molar-refractivity contribution in [3.8, 4) is 0 Å². The molecule has 0 aliphatic rings. The number of rotatable bonds is 4. The highest BCUT2D eigenvalue weighted by molar-refractivity contribution is 5.95. The van der Waals surface area contributed by atoms with Crippen LogP contribution in [-0.4, -0.2) is 39.9 Å². The molecular weight excluding hydrogens is 232 g/mol. The maximum Gasteiger partial charge on any atom is 0.272 e. The Hall–Kier alpha value is -2.11. The molecule has 1 rings (SSSR count). The number of pyridine rings is 1. The number of carbonyl (C=O) groups is 1. The van der Waals surface area contributed by atoms with Gasteiger partial charge in [0.25, 0.3) is 5.91 Å². The number of nitrogens with two attached hydrogens (primary N) is 1. The summed E-state index contributed by atoms with van der Waals surface area (Å²) in [4.78, 5) is 17.9. The van der Waals surface area contributed by atoms with Gasteiger partial charge in [0.2, 0.25) is 0 Å². The minimum Gasteiger partial charge on any atom is -0.409 e. The average molecular weight is 250 g/mol. The number of hydrogen-bond donors (Lipinski definition) is 2. The molecule has 0 bridgehead atoms. The van der Waals surface area contributed by atoms with Crippen molar-refractivity contribution < 1.29 is 10.0 Å². The van der Waals surface area contributed by atoms with E-state index in [9.17, 15) is 4.79 Å². The van der Waals surface area contributed by atoms with Gasteiger partial charge in [0.05, 0.1) is 6.54 Å². The van der Waals surface area contributed by atoms with E-state index in [4.69, 9.17) is 10.9 Å². The average Bonchev–Trinajstić information content (AvgIpc) is 2.33. The van der Waals surface area contributed by atoms with E-state index in [2.05, 4.69) is 10.1 Å². The normalized spacial score (nSPS) is 11.4. The summed E-state index contributed by atoms with van der Waals surface area (Å²) < 4.78 is 0. The molecule has 6 nitrogen and oxygen atoms in total. The van der Waals surface area contributed by atoms with Crippen LogP contribution in [0, 0.1) is 13.8 Å². The molecule has 0 aliphatic heterocycles. The van der Waals surface area contributed by atoms with Gasteiger partial charge in [-0.2, -0.15) is 0 Å². The molecule has 0 fully saturated rings. The molecule has 0 spiro atoms. The summed E-state index contributed by atoms with van der Waals surface area (Å²) in [7, 11) is 0. The summed E-state index contributed by atoms with van der Waals surface area (Å²) in [5, 5.41) is 11.4. The third-order valence-electron chi connectivity index (χ3n) is 2.47. The number of oxime groups is 1. The molecule has 1 aromatic rings. The molecule has 3 N–H and O–H groups in total. The van der Waals surface area contributed by atoms with Crippen LogP contribution in [-0.2, 0) is 0 Å². The van der Waals surface area contributed by atoms with E-state index >= 15 is 0 Å². The van der Waals surface area contributed by atoms with Crippen LogP contribution in [0.3, 0.4) is 0 Å². The quantitative estimate of drug-likeness (QED) is 0.359. The molecule has 0 atom stereocenters. The van der Waals surface area contributed by atoms with Gasteiger partial charge in [-0.05, 0) is 38.5 Å². The molecule has 1 heterocycles. The van der Waals surface area contributed by atoms with E-state index in [-0.39, 0.29) is 18.3 Å². The van der Waals surface area contributed by atoms with Gasteiger partial charge in [-0.1, -0.05) is 5.16 Å². The third-order valence-corrected chi connectivity index (χ3v) is 2.47. The van der Waals surface area contributed by atoms with E-state index in [1.54, 1.807) is 6.07 Å². The van der Waals surface area contributed by atoms with E-state index in [1.807, 2.05) is 26.8 Å². The van der Waals surface area contributed by atoms with E-state index in [0.717, 1.165) is 11.3 Å². The Bertz CT molecular complexity index is 451. The first kappa shape index (κ1) is 14.0. The van der Waals surface area contributed by atoms with Crippen LogP contribution in [0.25, 0.3) is 0 Å². The van der Waals surface area contributed by atoms with E-state index in [1.165, 1.54) is 4.90 Å². The molecular formula is C12H18N4O2. The smallest absolute Gasteiger partial charge is 0.272 e. The van der Waals surface area contributed by atoms with Crippen LogP contribution in [0.2, 0.25) is 0 Å². The maximum atomic E-state index is 12.2. The number of carbonyl (C=O) groups excluding carboxylic acids is 1. The first-order valence-corrected chi connectivity index (χ1v) is 5.69. The lowest BCUT2D eigenvalue weighted by Gasteiger charge is -2.19. The molecule has 1 aromatic heterocycles. The zero-order valence-electron chi connectivity index (χ0n) is 10.8. The fraction of sp³-hybridized carbons (Fsp3) is 0.417. The Morgan fingerprint density at radius 1 is 1.50 bits per heavy atom. The lowest BCUT2D eigenvalue weighted by atomic mass is 10.2. The minimum atomic E-state index is -0.226. The zero-order valence-corrected chi connectivity index (χ0v) is 10.8. The van der Waals surface area contributed by atoms with Crippen molar-refractivity contribution in [3.63, 3.8) is 0 Å². The van der Waals surface area contributed by atoms with Gasteiger partial charge in [-0.15, -0.1) is 0 Å². The summed E-state index contributed by atoms with van der Waals surface area (Å²) in [5.74, 6) is -0.231. The first-order valence-electron chi connectivity index (χ1n) is 5.69. The standard InChI is InChI=1S/C12H18N4O2/c1-4-16(7-11(13)15-18)12(17)10-6-8(2)5-9(3)14-10/h5-6,18H,4,7H2,1-3H3,(H2,13,15). The van der Waals surface area contributed by atoms with Gasteiger partial charge in [0, 0.05) is 12.2 Å². The summed E-state index contributed by atoms with van der Waals surface area (Å²) >= 11 is 0. The second-order valence-corrected chi connectivity index (χ2v) is 4.08. The Labute approximate surface area is 106 Å². The predicted octanol–water partition coefficient (Wildman–Crippen LogP) is 0.907. The van der Waals surface area contributed by atoms with Crippen molar-refractivity contribution >= 4 is 11.7 Å². The van der Waals surface area contributed by atoms with Gasteiger partial charge in [0.15, 0.2) is 5.84 Å². The van der Waals surface area contributed by atoms with Crippen LogP contribution >= 0.6 is 0 Å². The lowest BCUT2D eigenvalue weighted by Crippen LogP contribution is -2.38. The Kier molecular flexibility index (Phi) is 4.65. The Morgan fingerprint density at radius 2 is 2.17 bits per heavy atom. The second kappa shape index (κ2) is 6.00. The Morgan fingerprint density at radius 3 is 2.67 bits per heavy atom. The number of nitrogens with zero attached hydrogens (tertiary/aromatic N) is 3. The fourth-order valence-corrected chi connectivity index (χ4v) is 1.67. The van der Waals surface area contributed by atoms with Gasteiger partial charge in [-0.25, -0.2) is 4.98 Å². The maximum absolute atomic E-state index is 12.2. The summed E-state index contributed by atoms with van der Waals surface area (Å²) in [6.45, 7) is 6.12. The van der Waals surface area contributed by atoms with Gasteiger partial charge in [-0.3, -0.25) is 4.79 Å². The minimum absolute atomic E-state index is 0.00502. The summed E-state index contributed by atoms with van der Waals surface area (Å²) in [6.07, 6.45) is 0. The van der Waals surface area contributed by atoms with Crippen molar-refractivity contribution in [2.24, 2.45) is 10.9 Å². The van der Waals surface area contributed by atoms with Crippen LogP contribution < -0.4 is 5.73 Å². The monoisotopic (exact) mass is 250 g/mol. The van der Waals surface area contributed by atoms with Crippen LogP contribution in [0.4, 0.5) is 0 Å². The molecule has 0 radical (unpaired) electrons. The number of amides is 1. The molecule has 6 heteroatoms. The molecule has 0 aromatic carbocycles. The molecule has 0 aliphatic carbocycles. The van der Waals surface area contributed by atoms with E-state index < -0.39 is 0 Å². The second-order valence-electron chi connectivity index (χ2n) is 4.08. The zero-order chi connectivity index (χ0) is 13.7.